The number of halogens is 1. The van der Waals surface area contributed by atoms with Crippen LogP contribution in [0.15, 0.2) is 12.1 Å². The van der Waals surface area contributed by atoms with Crippen LogP contribution in [0.2, 0.25) is 0 Å². The summed E-state index contributed by atoms with van der Waals surface area (Å²) in [5, 5.41) is 10.6. The van der Waals surface area contributed by atoms with Crippen LogP contribution in [-0.2, 0) is 0 Å². The Balaban J connectivity index is 0.00000200. The molecule has 2 N–H and O–H groups in total. The number of nitrogens with zero attached hydrogens (tertiary/aromatic N) is 2. The summed E-state index contributed by atoms with van der Waals surface area (Å²) in [6.07, 6.45) is 1.97. The lowest BCUT2D eigenvalue weighted by molar-refractivity contribution is -0.380. The fourth-order valence-electron chi connectivity index (χ4n) is 2.32. The maximum absolute atomic E-state index is 12.3. The van der Waals surface area contributed by atoms with Gasteiger partial charge in [-0.15, -0.1) is 12.4 Å². The fraction of sp³-hybridized carbons (Fsp3) is 0.583. The highest BCUT2D eigenvalue weighted by Gasteiger charge is 2.28. The van der Waals surface area contributed by atoms with Gasteiger partial charge in [0.2, 0.25) is 0 Å². The Morgan fingerprint density at radius 1 is 1.60 bits per heavy atom. The highest BCUT2D eigenvalue weighted by molar-refractivity contribution is 7.17. The third-order valence-electron chi connectivity index (χ3n) is 3.47. The van der Waals surface area contributed by atoms with Gasteiger partial charge in [0.25, 0.3) is 5.91 Å². The van der Waals surface area contributed by atoms with E-state index in [2.05, 4.69) is 0 Å². The first-order chi connectivity index (χ1) is 8.99. The predicted molar refractivity (Wildman–Crippen MR) is 80.5 cm³/mol. The van der Waals surface area contributed by atoms with Gasteiger partial charge in [0.1, 0.15) is 0 Å². The minimum atomic E-state index is -0.470. The molecule has 2 unspecified atom stereocenters. The number of rotatable bonds is 3. The maximum atomic E-state index is 12.3. The van der Waals surface area contributed by atoms with Gasteiger partial charge in [0.15, 0.2) is 0 Å². The first-order valence-electron chi connectivity index (χ1n) is 6.28. The Labute approximate surface area is 127 Å². The molecular weight excluding hydrogens is 302 g/mol. The van der Waals surface area contributed by atoms with Crippen molar-refractivity contribution in [2.24, 2.45) is 11.7 Å². The summed E-state index contributed by atoms with van der Waals surface area (Å²) in [7, 11) is 0. The lowest BCUT2D eigenvalue weighted by Gasteiger charge is -2.34. The zero-order valence-corrected chi connectivity index (χ0v) is 12.8. The van der Waals surface area contributed by atoms with Gasteiger partial charge in [-0.25, -0.2) is 0 Å². The average Bonchev–Trinajstić information content (AvgIpc) is 2.87. The topological polar surface area (TPSA) is 89.5 Å². The second kappa shape index (κ2) is 7.01. The lowest BCUT2D eigenvalue weighted by atomic mass is 9.92. The molecule has 1 fully saturated rings. The third-order valence-corrected chi connectivity index (χ3v) is 4.50. The molecule has 1 aromatic rings. The Morgan fingerprint density at radius 3 is 2.85 bits per heavy atom. The molecule has 112 valence electrons. The molecule has 6 nitrogen and oxygen atoms in total. The van der Waals surface area contributed by atoms with Gasteiger partial charge in [0, 0.05) is 25.2 Å². The SMILES string of the molecule is CC(N)C1CCCN(C(=O)c2ccc([N+](=O)[O-])s2)C1.Cl. The summed E-state index contributed by atoms with van der Waals surface area (Å²) >= 11 is 0.931. The number of nitrogens with two attached hydrogens (primary N) is 1. The van der Waals surface area contributed by atoms with Gasteiger partial charge in [-0.2, -0.15) is 0 Å². The Kier molecular flexibility index (Phi) is 5.91. The number of thiophene rings is 1. The average molecular weight is 320 g/mol. The summed E-state index contributed by atoms with van der Waals surface area (Å²) in [6.45, 7) is 3.30. The lowest BCUT2D eigenvalue weighted by Crippen LogP contribution is -2.44. The second-order valence-corrected chi connectivity index (χ2v) is 5.97. The van der Waals surface area contributed by atoms with Crippen molar-refractivity contribution in [2.75, 3.05) is 13.1 Å². The molecule has 0 spiro atoms. The molecular formula is C12H18ClN3O3S. The van der Waals surface area contributed by atoms with Crippen LogP contribution in [0.3, 0.4) is 0 Å². The molecule has 8 heteroatoms. The van der Waals surface area contributed by atoms with Gasteiger partial charge >= 0.3 is 5.00 Å². The molecule has 1 amide bonds. The van der Waals surface area contributed by atoms with Gasteiger partial charge < -0.3 is 10.6 Å². The van der Waals surface area contributed by atoms with Crippen LogP contribution in [0, 0.1) is 16.0 Å². The van der Waals surface area contributed by atoms with Crippen molar-refractivity contribution in [1.29, 1.82) is 0 Å². The van der Waals surface area contributed by atoms with E-state index < -0.39 is 4.92 Å². The Hall–Kier alpha value is -1.18. The summed E-state index contributed by atoms with van der Waals surface area (Å²) in [5.41, 5.74) is 5.89. The predicted octanol–water partition coefficient (Wildman–Crippen LogP) is 2.28. The van der Waals surface area contributed by atoms with Crippen LogP contribution in [-0.4, -0.2) is 34.9 Å². The van der Waals surface area contributed by atoms with Crippen LogP contribution in [0.1, 0.15) is 29.4 Å². The van der Waals surface area contributed by atoms with Crippen LogP contribution >= 0.6 is 23.7 Å². The molecule has 1 aliphatic rings. The largest absolute Gasteiger partial charge is 0.338 e. The first-order valence-corrected chi connectivity index (χ1v) is 7.09. The van der Waals surface area contributed by atoms with E-state index in [0.29, 0.717) is 23.9 Å². The van der Waals surface area contributed by atoms with Crippen molar-refractivity contribution >= 4 is 34.7 Å². The number of hydrogen-bond acceptors (Lipinski definition) is 5. The van der Waals surface area contributed by atoms with E-state index in [0.717, 1.165) is 24.2 Å². The van der Waals surface area contributed by atoms with Gasteiger partial charge in [0.05, 0.1) is 9.80 Å². The number of carbonyl (C=O) groups excluding carboxylic acids is 1. The zero-order valence-electron chi connectivity index (χ0n) is 11.2. The minimum Gasteiger partial charge on any atom is -0.338 e. The van der Waals surface area contributed by atoms with Crippen molar-refractivity contribution in [1.82, 2.24) is 4.90 Å². The van der Waals surface area contributed by atoms with E-state index >= 15 is 0 Å². The molecule has 0 radical (unpaired) electrons. The van der Waals surface area contributed by atoms with Crippen molar-refractivity contribution in [2.45, 2.75) is 25.8 Å². The van der Waals surface area contributed by atoms with Crippen molar-refractivity contribution in [3.05, 3.63) is 27.1 Å². The van der Waals surface area contributed by atoms with Crippen LogP contribution < -0.4 is 5.73 Å². The van der Waals surface area contributed by atoms with Crippen molar-refractivity contribution in [3.8, 4) is 0 Å². The summed E-state index contributed by atoms with van der Waals surface area (Å²) in [5.74, 6) is 0.191. The first kappa shape index (κ1) is 16.9. The molecule has 20 heavy (non-hydrogen) atoms. The van der Waals surface area contributed by atoms with Gasteiger partial charge in [-0.3, -0.25) is 14.9 Å². The van der Waals surface area contributed by atoms with Crippen LogP contribution in [0.5, 0.6) is 0 Å². The van der Waals surface area contributed by atoms with E-state index in [4.69, 9.17) is 5.73 Å². The fourth-order valence-corrected chi connectivity index (χ4v) is 3.11. The van der Waals surface area contributed by atoms with E-state index in [1.54, 1.807) is 4.90 Å². The molecule has 2 heterocycles. The number of hydrogen-bond donors (Lipinski definition) is 1. The molecule has 0 bridgehead atoms. The highest BCUT2D eigenvalue weighted by Crippen LogP contribution is 2.27. The minimum absolute atomic E-state index is 0. The van der Waals surface area contributed by atoms with E-state index in [9.17, 15) is 14.9 Å². The second-order valence-electron chi connectivity index (χ2n) is 4.91. The quantitative estimate of drug-likeness (QED) is 0.683. The molecule has 2 rings (SSSR count). The Bertz CT molecular complexity index is 492. The molecule has 2 atom stereocenters. The van der Waals surface area contributed by atoms with E-state index in [1.807, 2.05) is 6.92 Å². The number of nitro groups is 1. The monoisotopic (exact) mass is 319 g/mol. The van der Waals surface area contributed by atoms with E-state index in [-0.39, 0.29) is 29.4 Å². The smallest absolute Gasteiger partial charge is 0.324 e. The Morgan fingerprint density at radius 2 is 2.30 bits per heavy atom. The van der Waals surface area contributed by atoms with Gasteiger partial charge in [-0.1, -0.05) is 11.3 Å². The normalized spacial score (nSPS) is 20.1. The molecule has 1 saturated heterocycles. The molecule has 0 saturated carbocycles. The third kappa shape index (κ3) is 3.68. The summed E-state index contributed by atoms with van der Waals surface area (Å²) < 4.78 is 0. The highest BCUT2D eigenvalue weighted by atomic mass is 35.5. The molecule has 0 aliphatic carbocycles. The zero-order chi connectivity index (χ0) is 14.0. The van der Waals surface area contributed by atoms with Crippen LogP contribution in [0.4, 0.5) is 5.00 Å². The number of carbonyl (C=O) groups is 1. The van der Waals surface area contributed by atoms with Crippen molar-refractivity contribution in [3.63, 3.8) is 0 Å². The number of likely N-dealkylation sites (tertiary alicyclic amines) is 1. The molecule has 0 aromatic carbocycles. The molecule has 1 aromatic heterocycles. The molecule has 1 aliphatic heterocycles. The standard InChI is InChI=1S/C12H17N3O3S.ClH/c1-8(13)9-3-2-6-14(7-9)12(16)10-4-5-11(19-10)15(17)18;/h4-5,8-9H,2-3,6-7,13H2,1H3;1H. The van der Waals surface area contributed by atoms with E-state index in [1.165, 1.54) is 12.1 Å². The maximum Gasteiger partial charge on any atom is 0.324 e. The van der Waals surface area contributed by atoms with Crippen LogP contribution in [0.25, 0.3) is 0 Å². The summed E-state index contributed by atoms with van der Waals surface area (Å²) in [4.78, 5) is 24.6. The number of piperidine rings is 1. The summed E-state index contributed by atoms with van der Waals surface area (Å²) in [6, 6.07) is 2.97. The van der Waals surface area contributed by atoms with Crippen molar-refractivity contribution < 1.29 is 9.72 Å². The number of amides is 1. The van der Waals surface area contributed by atoms with Gasteiger partial charge in [-0.05, 0) is 31.7 Å².